The molecule has 1 saturated carbocycles. The molecule has 2 amide bonds. The van der Waals surface area contributed by atoms with E-state index in [9.17, 15) is 9.59 Å². The van der Waals surface area contributed by atoms with Crippen molar-refractivity contribution in [3.05, 3.63) is 29.8 Å². The molecule has 1 aliphatic carbocycles. The average molecular weight is 259 g/mol. The van der Waals surface area contributed by atoms with E-state index in [4.69, 9.17) is 5.73 Å². The quantitative estimate of drug-likeness (QED) is 0.783. The van der Waals surface area contributed by atoms with Gasteiger partial charge >= 0.3 is 0 Å². The number of rotatable bonds is 2. The van der Waals surface area contributed by atoms with Crippen molar-refractivity contribution in [2.24, 2.45) is 5.73 Å². The highest BCUT2D eigenvalue weighted by atomic mass is 16.2. The zero-order chi connectivity index (χ0) is 13.6. The Balaban J connectivity index is 1.79. The van der Waals surface area contributed by atoms with Gasteiger partial charge in [0, 0.05) is 18.3 Å². The third kappa shape index (κ3) is 2.10. The van der Waals surface area contributed by atoms with Crippen molar-refractivity contribution >= 4 is 17.5 Å². The first-order valence-electron chi connectivity index (χ1n) is 6.43. The first-order valence-corrected chi connectivity index (χ1v) is 6.43. The maximum atomic E-state index is 11.7. The molecular weight excluding hydrogens is 242 g/mol. The molecule has 0 atom stereocenters. The summed E-state index contributed by atoms with van der Waals surface area (Å²) < 4.78 is 0. The molecule has 2 N–H and O–H groups in total. The third-order valence-corrected chi connectivity index (χ3v) is 4.00. The van der Waals surface area contributed by atoms with Crippen LogP contribution >= 0.6 is 0 Å². The Bertz CT molecular complexity index is 516. The Hall–Kier alpha value is -1.88. The summed E-state index contributed by atoms with van der Waals surface area (Å²) >= 11 is 0. The average Bonchev–Trinajstić information content (AvgIpc) is 3.15. The van der Waals surface area contributed by atoms with E-state index >= 15 is 0 Å². The van der Waals surface area contributed by atoms with Crippen LogP contribution in [0.25, 0.3) is 0 Å². The van der Waals surface area contributed by atoms with Gasteiger partial charge in [-0.15, -0.1) is 0 Å². The fourth-order valence-electron chi connectivity index (χ4n) is 2.34. The number of carbonyl (C=O) groups excluding carboxylic acids is 2. The molecule has 5 heteroatoms. The molecule has 1 aromatic rings. The highest BCUT2D eigenvalue weighted by Crippen LogP contribution is 2.42. The molecule has 0 aromatic heterocycles. The topological polar surface area (TPSA) is 66.6 Å². The van der Waals surface area contributed by atoms with Gasteiger partial charge in [0.15, 0.2) is 0 Å². The second-order valence-corrected chi connectivity index (χ2v) is 5.41. The molecule has 2 fully saturated rings. The number of benzene rings is 1. The standard InChI is InChI=1S/C14H17N3O2/c1-16-12(18)8-17(9-13(16)19)11-4-2-10(3-5-11)14(15)6-7-14/h2-5H,6-9,15H2,1H3. The van der Waals surface area contributed by atoms with Crippen molar-refractivity contribution in [3.63, 3.8) is 0 Å². The second kappa shape index (κ2) is 4.06. The highest BCUT2D eigenvalue weighted by Gasteiger charge is 2.39. The van der Waals surface area contributed by atoms with Crippen LogP contribution in [0.3, 0.4) is 0 Å². The van der Waals surface area contributed by atoms with Crippen molar-refractivity contribution in [2.45, 2.75) is 18.4 Å². The van der Waals surface area contributed by atoms with Crippen molar-refractivity contribution < 1.29 is 9.59 Å². The summed E-state index contributed by atoms with van der Waals surface area (Å²) in [6.45, 7) is 0.491. The number of amides is 2. The van der Waals surface area contributed by atoms with E-state index in [1.807, 2.05) is 24.3 Å². The predicted octanol–water partition coefficient (Wildman–Crippen LogP) is 0.439. The van der Waals surface area contributed by atoms with Crippen LogP contribution in [0.5, 0.6) is 0 Å². The Kier molecular flexibility index (Phi) is 2.60. The lowest BCUT2D eigenvalue weighted by Gasteiger charge is -2.32. The summed E-state index contributed by atoms with van der Waals surface area (Å²) in [5, 5.41) is 0. The number of hydrogen-bond donors (Lipinski definition) is 1. The van der Waals surface area contributed by atoms with E-state index in [-0.39, 0.29) is 30.4 Å². The normalized spacial score (nSPS) is 21.8. The summed E-state index contributed by atoms with van der Waals surface area (Å²) in [5.41, 5.74) is 8.00. The smallest absolute Gasteiger partial charge is 0.248 e. The number of imide groups is 1. The minimum Gasteiger partial charge on any atom is -0.353 e. The van der Waals surface area contributed by atoms with Gasteiger partial charge in [-0.3, -0.25) is 14.5 Å². The number of piperazine rings is 1. The van der Waals surface area contributed by atoms with Gasteiger partial charge in [-0.25, -0.2) is 0 Å². The number of nitrogens with zero attached hydrogens (tertiary/aromatic N) is 2. The summed E-state index contributed by atoms with van der Waals surface area (Å²) in [4.78, 5) is 26.3. The van der Waals surface area contributed by atoms with E-state index in [0.717, 1.165) is 24.1 Å². The Morgan fingerprint density at radius 3 is 2.05 bits per heavy atom. The summed E-state index contributed by atoms with van der Waals surface area (Å²) in [5.74, 6) is -0.337. The van der Waals surface area contributed by atoms with Crippen LogP contribution in [0.1, 0.15) is 18.4 Å². The fraction of sp³-hybridized carbons (Fsp3) is 0.429. The van der Waals surface area contributed by atoms with Crippen LogP contribution in [0.2, 0.25) is 0 Å². The van der Waals surface area contributed by atoms with Gasteiger partial charge in [-0.05, 0) is 30.5 Å². The van der Waals surface area contributed by atoms with E-state index in [1.165, 1.54) is 11.9 Å². The molecule has 0 radical (unpaired) electrons. The molecule has 100 valence electrons. The lowest BCUT2D eigenvalue weighted by atomic mass is 10.1. The van der Waals surface area contributed by atoms with E-state index in [2.05, 4.69) is 0 Å². The molecule has 1 aromatic carbocycles. The monoisotopic (exact) mass is 259 g/mol. The number of carbonyl (C=O) groups is 2. The summed E-state index contributed by atoms with van der Waals surface area (Å²) in [6.07, 6.45) is 2.05. The minimum atomic E-state index is -0.169. The molecular formula is C14H17N3O2. The van der Waals surface area contributed by atoms with Crippen molar-refractivity contribution in [1.82, 2.24) is 4.90 Å². The zero-order valence-corrected chi connectivity index (χ0v) is 10.9. The lowest BCUT2D eigenvalue weighted by Crippen LogP contribution is -2.52. The third-order valence-electron chi connectivity index (χ3n) is 4.00. The number of likely N-dealkylation sites (N-methyl/N-ethyl adjacent to an activating group) is 1. The molecule has 2 aliphatic rings. The van der Waals surface area contributed by atoms with Crippen LogP contribution < -0.4 is 10.6 Å². The minimum absolute atomic E-state index is 0.147. The van der Waals surface area contributed by atoms with E-state index in [1.54, 1.807) is 4.90 Å². The first-order chi connectivity index (χ1) is 8.99. The maximum absolute atomic E-state index is 11.7. The fourth-order valence-corrected chi connectivity index (χ4v) is 2.34. The van der Waals surface area contributed by atoms with Crippen LogP contribution in [-0.2, 0) is 15.1 Å². The SMILES string of the molecule is CN1C(=O)CN(c2ccc(C3(N)CC3)cc2)CC1=O. The second-order valence-electron chi connectivity index (χ2n) is 5.41. The molecule has 0 spiro atoms. The number of anilines is 1. The van der Waals surface area contributed by atoms with Crippen LogP contribution in [0.15, 0.2) is 24.3 Å². The van der Waals surface area contributed by atoms with Gasteiger partial charge in [-0.1, -0.05) is 12.1 Å². The molecule has 5 nitrogen and oxygen atoms in total. The molecule has 1 aliphatic heterocycles. The lowest BCUT2D eigenvalue weighted by molar-refractivity contribution is -0.143. The van der Waals surface area contributed by atoms with Crippen LogP contribution in [0.4, 0.5) is 5.69 Å². The van der Waals surface area contributed by atoms with Gasteiger partial charge < -0.3 is 10.6 Å². The predicted molar refractivity (Wildman–Crippen MR) is 71.5 cm³/mol. The first kappa shape index (κ1) is 12.2. The molecule has 0 bridgehead atoms. The summed E-state index contributed by atoms with van der Waals surface area (Å²) in [6, 6.07) is 7.87. The van der Waals surface area contributed by atoms with Crippen LogP contribution in [0, 0.1) is 0 Å². The Morgan fingerprint density at radius 1 is 1.05 bits per heavy atom. The number of nitrogens with two attached hydrogens (primary N) is 1. The van der Waals surface area contributed by atoms with Gasteiger partial charge in [-0.2, -0.15) is 0 Å². The van der Waals surface area contributed by atoms with E-state index in [0.29, 0.717) is 0 Å². The zero-order valence-electron chi connectivity index (χ0n) is 10.9. The van der Waals surface area contributed by atoms with Crippen molar-refractivity contribution in [2.75, 3.05) is 25.0 Å². The van der Waals surface area contributed by atoms with Gasteiger partial charge in [0.2, 0.25) is 11.8 Å². The van der Waals surface area contributed by atoms with Gasteiger partial charge in [0.05, 0.1) is 13.1 Å². The van der Waals surface area contributed by atoms with Gasteiger partial charge in [0.25, 0.3) is 0 Å². The highest BCUT2D eigenvalue weighted by molar-refractivity contribution is 6.02. The summed E-state index contributed by atoms with van der Waals surface area (Å²) in [7, 11) is 1.52. The molecule has 0 unspecified atom stereocenters. The number of hydrogen-bond acceptors (Lipinski definition) is 4. The van der Waals surface area contributed by atoms with Crippen LogP contribution in [-0.4, -0.2) is 36.9 Å². The Labute approximate surface area is 112 Å². The largest absolute Gasteiger partial charge is 0.353 e. The van der Waals surface area contributed by atoms with Crippen molar-refractivity contribution in [3.8, 4) is 0 Å². The maximum Gasteiger partial charge on any atom is 0.248 e. The molecule has 1 heterocycles. The van der Waals surface area contributed by atoms with E-state index < -0.39 is 0 Å². The Morgan fingerprint density at radius 2 is 1.58 bits per heavy atom. The molecule has 3 rings (SSSR count). The molecule has 1 saturated heterocycles. The van der Waals surface area contributed by atoms with Crippen molar-refractivity contribution in [1.29, 1.82) is 0 Å². The van der Waals surface area contributed by atoms with Gasteiger partial charge in [0.1, 0.15) is 0 Å². The molecule has 19 heavy (non-hydrogen) atoms.